The number of benzene rings is 2. The number of ether oxygens (including phenoxy) is 1. The van der Waals surface area contributed by atoms with Crippen LogP contribution in [0.4, 0.5) is 4.79 Å². The van der Waals surface area contributed by atoms with Crippen LogP contribution in [0.1, 0.15) is 36.3 Å². The molecule has 0 aromatic heterocycles. The van der Waals surface area contributed by atoms with Crippen LogP contribution < -0.4 is 5.32 Å². The molecule has 0 heterocycles. The number of fused-ring (bicyclic) bond motifs is 5. The molecule has 2 N–H and O–H groups in total. The van der Waals surface area contributed by atoms with Gasteiger partial charge in [0.2, 0.25) is 0 Å². The molecule has 0 spiro atoms. The maximum Gasteiger partial charge on any atom is 0.407 e. The van der Waals surface area contributed by atoms with E-state index in [9.17, 15) is 14.7 Å². The largest absolute Gasteiger partial charge is 0.481 e. The maximum atomic E-state index is 12.5. The van der Waals surface area contributed by atoms with Gasteiger partial charge in [-0.3, -0.25) is 4.79 Å². The van der Waals surface area contributed by atoms with Crippen molar-refractivity contribution in [3.63, 3.8) is 0 Å². The molecule has 1 amide bonds. The molecular formula is C23H23NO4. The summed E-state index contributed by atoms with van der Waals surface area (Å²) in [6, 6.07) is 16.1. The predicted octanol–water partition coefficient (Wildman–Crippen LogP) is 4.02. The Balaban J connectivity index is 1.29. The van der Waals surface area contributed by atoms with Crippen molar-refractivity contribution < 1.29 is 19.4 Å². The minimum atomic E-state index is -0.809. The van der Waals surface area contributed by atoms with Crippen LogP contribution in [0.5, 0.6) is 0 Å². The van der Waals surface area contributed by atoms with Gasteiger partial charge in [0.15, 0.2) is 0 Å². The quantitative estimate of drug-likeness (QED) is 0.844. The highest BCUT2D eigenvalue weighted by atomic mass is 16.5. The van der Waals surface area contributed by atoms with Crippen LogP contribution in [-0.2, 0) is 9.53 Å². The lowest BCUT2D eigenvalue weighted by molar-refractivity contribution is -0.144. The van der Waals surface area contributed by atoms with E-state index < -0.39 is 18.0 Å². The van der Waals surface area contributed by atoms with Crippen molar-refractivity contribution in [2.24, 2.45) is 17.8 Å². The SMILES string of the molecule is O=C(N[C@H]1[C@H]2CC[C@@H](C2)[C@H]1C(=O)O)OCC1c2ccccc2-c2ccccc21. The van der Waals surface area contributed by atoms with Crippen molar-refractivity contribution in [2.45, 2.75) is 31.2 Å². The summed E-state index contributed by atoms with van der Waals surface area (Å²) in [4.78, 5) is 24.1. The Morgan fingerprint density at radius 2 is 1.57 bits per heavy atom. The summed E-state index contributed by atoms with van der Waals surface area (Å²) >= 11 is 0. The summed E-state index contributed by atoms with van der Waals surface area (Å²) in [7, 11) is 0. The van der Waals surface area contributed by atoms with E-state index in [2.05, 4.69) is 29.6 Å². The zero-order chi connectivity index (χ0) is 19.3. The summed E-state index contributed by atoms with van der Waals surface area (Å²) < 4.78 is 5.59. The first kappa shape index (κ1) is 17.3. The van der Waals surface area contributed by atoms with E-state index in [4.69, 9.17) is 4.74 Å². The fraction of sp³-hybridized carbons (Fsp3) is 0.391. The zero-order valence-corrected chi connectivity index (χ0v) is 15.5. The summed E-state index contributed by atoms with van der Waals surface area (Å²) in [6.45, 7) is 0.248. The van der Waals surface area contributed by atoms with E-state index in [0.29, 0.717) is 0 Å². The van der Waals surface area contributed by atoms with Crippen molar-refractivity contribution in [2.75, 3.05) is 6.61 Å². The van der Waals surface area contributed by atoms with Crippen LogP contribution in [0.3, 0.4) is 0 Å². The molecule has 5 heteroatoms. The first-order valence-corrected chi connectivity index (χ1v) is 9.98. The van der Waals surface area contributed by atoms with Crippen molar-refractivity contribution in [1.82, 2.24) is 5.32 Å². The Bertz CT molecular complexity index is 894. The fourth-order valence-corrected chi connectivity index (χ4v) is 5.63. The molecule has 2 aromatic rings. The number of carboxylic acid groups (broad SMARTS) is 1. The van der Waals surface area contributed by atoms with E-state index in [-0.39, 0.29) is 30.4 Å². The lowest BCUT2D eigenvalue weighted by Gasteiger charge is -2.28. The summed E-state index contributed by atoms with van der Waals surface area (Å²) in [5, 5.41) is 12.4. The Labute approximate surface area is 163 Å². The number of nitrogens with one attached hydrogen (secondary N) is 1. The lowest BCUT2D eigenvalue weighted by atomic mass is 9.84. The fourth-order valence-electron chi connectivity index (χ4n) is 5.63. The van der Waals surface area contributed by atoms with Crippen molar-refractivity contribution in [3.8, 4) is 11.1 Å². The minimum absolute atomic E-state index is 0.00782. The Morgan fingerprint density at radius 3 is 2.21 bits per heavy atom. The van der Waals surface area contributed by atoms with Crippen molar-refractivity contribution in [1.29, 1.82) is 0 Å². The van der Waals surface area contributed by atoms with Gasteiger partial charge in [-0.05, 0) is 53.4 Å². The number of carbonyl (C=O) groups excluding carboxylic acids is 1. The van der Waals surface area contributed by atoms with Gasteiger partial charge in [0.25, 0.3) is 0 Å². The molecule has 144 valence electrons. The molecule has 2 bridgehead atoms. The second-order valence-corrected chi connectivity index (χ2v) is 8.19. The number of amides is 1. The van der Waals surface area contributed by atoms with Gasteiger partial charge in [0.1, 0.15) is 6.61 Å². The van der Waals surface area contributed by atoms with Gasteiger partial charge in [-0.2, -0.15) is 0 Å². The third-order valence-corrected chi connectivity index (χ3v) is 6.83. The molecule has 3 aliphatic carbocycles. The summed E-state index contributed by atoms with van der Waals surface area (Å²) in [5.41, 5.74) is 4.71. The number of alkyl carbamates (subject to hydrolysis) is 1. The topological polar surface area (TPSA) is 75.6 Å². The van der Waals surface area contributed by atoms with E-state index in [0.717, 1.165) is 19.3 Å². The summed E-state index contributed by atoms with van der Waals surface area (Å²) in [5.74, 6) is -0.850. The van der Waals surface area contributed by atoms with Gasteiger partial charge >= 0.3 is 12.1 Å². The molecule has 5 rings (SSSR count). The third kappa shape index (κ3) is 2.68. The van der Waals surface area contributed by atoms with Crippen molar-refractivity contribution >= 4 is 12.1 Å². The smallest absolute Gasteiger partial charge is 0.407 e. The molecule has 0 radical (unpaired) electrons. The number of rotatable bonds is 4. The van der Waals surface area contributed by atoms with E-state index in [1.54, 1.807) is 0 Å². The molecule has 0 saturated heterocycles. The summed E-state index contributed by atoms with van der Waals surface area (Å²) in [6.07, 6.45) is 2.32. The normalized spacial score (nSPS) is 27.3. The molecule has 2 saturated carbocycles. The molecular weight excluding hydrogens is 354 g/mol. The molecule has 2 aromatic carbocycles. The standard InChI is InChI=1S/C23H23NO4/c25-22(26)20-13-9-10-14(11-13)21(20)24-23(27)28-12-19-17-7-3-1-5-15(17)16-6-2-4-8-18(16)19/h1-8,13-14,19-21H,9-12H2,(H,24,27)(H,25,26)/t13-,14-,20+,21-/m0/s1. The van der Waals surface area contributed by atoms with Crippen LogP contribution in [0.25, 0.3) is 11.1 Å². The van der Waals surface area contributed by atoms with Crippen LogP contribution in [0, 0.1) is 17.8 Å². The Hall–Kier alpha value is -2.82. The zero-order valence-electron chi connectivity index (χ0n) is 15.5. The first-order chi connectivity index (χ1) is 13.6. The molecule has 0 unspecified atom stereocenters. The van der Waals surface area contributed by atoms with E-state index in [1.165, 1.54) is 22.3 Å². The van der Waals surface area contributed by atoms with Gasteiger partial charge in [-0.1, -0.05) is 48.5 Å². The molecule has 4 atom stereocenters. The first-order valence-electron chi connectivity index (χ1n) is 9.98. The van der Waals surface area contributed by atoms with Crippen LogP contribution in [0.15, 0.2) is 48.5 Å². The average Bonchev–Trinajstić information content (AvgIpc) is 3.38. The van der Waals surface area contributed by atoms with Gasteiger partial charge in [0.05, 0.1) is 5.92 Å². The number of aliphatic carboxylic acids is 1. The second-order valence-electron chi connectivity index (χ2n) is 8.19. The van der Waals surface area contributed by atoms with Crippen LogP contribution >= 0.6 is 0 Å². The Kier molecular flexibility index (Phi) is 4.11. The van der Waals surface area contributed by atoms with Gasteiger partial charge < -0.3 is 15.2 Å². The Morgan fingerprint density at radius 1 is 0.964 bits per heavy atom. The highest BCUT2D eigenvalue weighted by Gasteiger charge is 2.51. The molecule has 2 fully saturated rings. The molecule has 0 aliphatic heterocycles. The van der Waals surface area contributed by atoms with Gasteiger partial charge in [-0.25, -0.2) is 4.79 Å². The van der Waals surface area contributed by atoms with Gasteiger partial charge in [0, 0.05) is 12.0 Å². The van der Waals surface area contributed by atoms with E-state index >= 15 is 0 Å². The van der Waals surface area contributed by atoms with Gasteiger partial charge in [-0.15, -0.1) is 0 Å². The number of hydrogen-bond acceptors (Lipinski definition) is 3. The number of carboxylic acids is 1. The van der Waals surface area contributed by atoms with Crippen LogP contribution in [-0.4, -0.2) is 29.8 Å². The number of hydrogen-bond donors (Lipinski definition) is 2. The maximum absolute atomic E-state index is 12.5. The third-order valence-electron chi connectivity index (χ3n) is 6.83. The molecule has 3 aliphatic rings. The predicted molar refractivity (Wildman–Crippen MR) is 104 cm³/mol. The minimum Gasteiger partial charge on any atom is -0.481 e. The highest BCUT2D eigenvalue weighted by molar-refractivity contribution is 5.79. The molecule has 28 heavy (non-hydrogen) atoms. The monoisotopic (exact) mass is 377 g/mol. The average molecular weight is 377 g/mol. The lowest BCUT2D eigenvalue weighted by Crippen LogP contribution is -2.47. The number of carbonyl (C=O) groups is 2. The highest BCUT2D eigenvalue weighted by Crippen LogP contribution is 2.49. The second kappa shape index (κ2) is 6.66. The van der Waals surface area contributed by atoms with E-state index in [1.807, 2.05) is 24.3 Å². The van der Waals surface area contributed by atoms with Crippen molar-refractivity contribution in [3.05, 3.63) is 59.7 Å². The van der Waals surface area contributed by atoms with Crippen LogP contribution in [0.2, 0.25) is 0 Å². The molecule has 5 nitrogen and oxygen atoms in total.